The molecule has 1 aromatic carbocycles. The summed E-state index contributed by atoms with van der Waals surface area (Å²) in [5.74, 6) is -1.16. The van der Waals surface area contributed by atoms with E-state index in [0.29, 0.717) is 5.57 Å². The Kier molecular flexibility index (Phi) is 4.04. The Morgan fingerprint density at radius 2 is 2.27 bits per heavy atom. The van der Waals surface area contributed by atoms with Crippen molar-refractivity contribution in [1.29, 1.82) is 0 Å². The van der Waals surface area contributed by atoms with Crippen molar-refractivity contribution < 1.29 is 14.7 Å². The summed E-state index contributed by atoms with van der Waals surface area (Å²) in [7, 11) is 0. The van der Waals surface area contributed by atoms with Gasteiger partial charge in [0.1, 0.15) is 11.7 Å². The van der Waals surface area contributed by atoms with Crippen molar-refractivity contribution in [2.24, 2.45) is 10.9 Å². The van der Waals surface area contributed by atoms with Gasteiger partial charge in [-0.05, 0) is 37.0 Å². The fraction of sp³-hybridized carbons (Fsp3) is 0.353. The molecule has 22 heavy (non-hydrogen) atoms. The quantitative estimate of drug-likeness (QED) is 0.835. The fourth-order valence-corrected chi connectivity index (χ4v) is 2.87. The number of aliphatic imine (C=N–C) groups is 1. The van der Waals surface area contributed by atoms with Gasteiger partial charge in [-0.15, -0.1) is 0 Å². The van der Waals surface area contributed by atoms with Crippen LogP contribution in [0.2, 0.25) is 0 Å². The molecule has 1 heterocycles. The molecule has 2 atom stereocenters. The number of benzene rings is 1. The van der Waals surface area contributed by atoms with Crippen molar-refractivity contribution in [1.82, 2.24) is 5.32 Å². The van der Waals surface area contributed by atoms with E-state index in [1.165, 1.54) is 6.21 Å². The number of phenols is 1. The summed E-state index contributed by atoms with van der Waals surface area (Å²) in [5, 5.41) is 12.1. The molecule has 2 unspecified atom stereocenters. The number of carbonyl (C=O) groups is 2. The molecule has 0 fully saturated rings. The number of fused-ring (bicyclic) bond motifs is 1. The number of nitrogens with zero attached hydrogens (tertiary/aromatic N) is 1. The zero-order valence-electron chi connectivity index (χ0n) is 12.2. The van der Waals surface area contributed by atoms with E-state index in [4.69, 9.17) is 0 Å². The number of Topliss-reactive ketones (excluding diaryl/α,β-unsaturated/α-hetero) is 1. The topological polar surface area (TPSA) is 78.8 Å². The predicted octanol–water partition coefficient (Wildman–Crippen LogP) is 1.76. The van der Waals surface area contributed by atoms with E-state index < -0.39 is 5.92 Å². The second-order valence-electron chi connectivity index (χ2n) is 5.63. The van der Waals surface area contributed by atoms with E-state index in [2.05, 4.69) is 10.3 Å². The molecule has 2 aliphatic rings. The van der Waals surface area contributed by atoms with Crippen LogP contribution in [0.25, 0.3) is 0 Å². The maximum Gasteiger partial charge on any atom is 0.236 e. The molecular weight excluding hydrogens is 280 g/mol. The van der Waals surface area contributed by atoms with Crippen molar-refractivity contribution in [3.05, 3.63) is 41.5 Å². The van der Waals surface area contributed by atoms with E-state index in [9.17, 15) is 14.7 Å². The zero-order chi connectivity index (χ0) is 15.5. The first kappa shape index (κ1) is 14.5. The largest absolute Gasteiger partial charge is 0.508 e. The molecule has 0 saturated carbocycles. The Morgan fingerprint density at radius 1 is 1.41 bits per heavy atom. The lowest BCUT2D eigenvalue weighted by Gasteiger charge is -2.26. The molecule has 2 N–H and O–H groups in total. The predicted molar refractivity (Wildman–Crippen MR) is 82.7 cm³/mol. The SMILES string of the molecule is O=C(NCc1cccc(O)c1)C1C=NC2CCCC=C2C1=O. The highest BCUT2D eigenvalue weighted by molar-refractivity contribution is 6.21. The molecule has 5 nitrogen and oxygen atoms in total. The van der Waals surface area contributed by atoms with E-state index >= 15 is 0 Å². The third-order valence-corrected chi connectivity index (χ3v) is 4.05. The summed E-state index contributed by atoms with van der Waals surface area (Å²) in [5.41, 5.74) is 1.47. The summed E-state index contributed by atoms with van der Waals surface area (Å²) in [6.07, 6.45) is 6.19. The van der Waals surface area contributed by atoms with Crippen molar-refractivity contribution >= 4 is 17.9 Å². The zero-order valence-corrected chi connectivity index (χ0v) is 12.2. The number of hydrogen-bond acceptors (Lipinski definition) is 4. The molecular formula is C17H18N2O3. The van der Waals surface area contributed by atoms with Crippen LogP contribution < -0.4 is 5.32 Å². The van der Waals surface area contributed by atoms with Gasteiger partial charge in [-0.25, -0.2) is 0 Å². The molecule has 114 valence electrons. The second-order valence-corrected chi connectivity index (χ2v) is 5.63. The fourth-order valence-electron chi connectivity index (χ4n) is 2.87. The minimum absolute atomic E-state index is 0.0589. The third kappa shape index (κ3) is 2.93. The second kappa shape index (κ2) is 6.13. The molecule has 0 bridgehead atoms. The van der Waals surface area contributed by atoms with Gasteiger partial charge < -0.3 is 10.4 Å². The van der Waals surface area contributed by atoms with Gasteiger partial charge in [-0.3, -0.25) is 14.6 Å². The number of rotatable bonds is 3. The molecule has 0 saturated heterocycles. The number of hydrogen-bond donors (Lipinski definition) is 2. The van der Waals surface area contributed by atoms with Gasteiger partial charge >= 0.3 is 0 Å². The van der Waals surface area contributed by atoms with Crippen molar-refractivity contribution in [3.63, 3.8) is 0 Å². The summed E-state index contributed by atoms with van der Waals surface area (Å²) in [6, 6.07) is 6.60. The normalized spacial score (nSPS) is 23.6. The van der Waals surface area contributed by atoms with Gasteiger partial charge in [0.2, 0.25) is 5.91 Å². The molecule has 3 rings (SSSR count). The standard InChI is InChI=1S/C17H18N2O3/c20-12-5-3-4-11(8-12)9-19-17(22)14-10-18-15-7-2-1-6-13(15)16(14)21/h3-6,8,10,14-15,20H,1-2,7,9H2,(H,19,22). The number of phenolic OH excluding ortho intramolecular Hbond substituents is 1. The maximum absolute atomic E-state index is 12.4. The number of aromatic hydroxyl groups is 1. The Bertz CT molecular complexity index is 664. The molecule has 1 aliphatic carbocycles. The van der Waals surface area contributed by atoms with E-state index in [1.54, 1.807) is 24.3 Å². The molecule has 0 aromatic heterocycles. The lowest BCUT2D eigenvalue weighted by atomic mass is 9.84. The highest BCUT2D eigenvalue weighted by Gasteiger charge is 2.35. The van der Waals surface area contributed by atoms with Crippen LogP contribution in [-0.4, -0.2) is 29.1 Å². The van der Waals surface area contributed by atoms with Gasteiger partial charge in [0, 0.05) is 18.3 Å². The Balaban J connectivity index is 1.66. The van der Waals surface area contributed by atoms with Crippen molar-refractivity contribution in [2.75, 3.05) is 0 Å². The van der Waals surface area contributed by atoms with Crippen LogP contribution >= 0.6 is 0 Å². The van der Waals surface area contributed by atoms with Crippen LogP contribution in [-0.2, 0) is 16.1 Å². The first-order valence-corrected chi connectivity index (χ1v) is 7.48. The molecule has 1 amide bonds. The Morgan fingerprint density at radius 3 is 3.09 bits per heavy atom. The van der Waals surface area contributed by atoms with Gasteiger partial charge in [-0.2, -0.15) is 0 Å². The van der Waals surface area contributed by atoms with Crippen molar-refractivity contribution in [2.45, 2.75) is 31.8 Å². The molecule has 0 radical (unpaired) electrons. The van der Waals surface area contributed by atoms with E-state index in [0.717, 1.165) is 24.8 Å². The van der Waals surface area contributed by atoms with Crippen LogP contribution in [0.1, 0.15) is 24.8 Å². The Labute approximate surface area is 128 Å². The lowest BCUT2D eigenvalue weighted by Crippen LogP contribution is -2.41. The average molecular weight is 298 g/mol. The molecule has 1 aromatic rings. The number of carbonyl (C=O) groups excluding carboxylic acids is 2. The summed E-state index contributed by atoms with van der Waals surface area (Å²) < 4.78 is 0. The summed E-state index contributed by atoms with van der Waals surface area (Å²) in [6.45, 7) is 0.271. The first-order valence-electron chi connectivity index (χ1n) is 7.48. The number of allylic oxidation sites excluding steroid dienone is 1. The first-order chi connectivity index (χ1) is 10.6. The lowest BCUT2D eigenvalue weighted by molar-refractivity contribution is -0.129. The summed E-state index contributed by atoms with van der Waals surface area (Å²) in [4.78, 5) is 29.0. The van der Waals surface area contributed by atoms with Crippen LogP contribution in [0.3, 0.4) is 0 Å². The van der Waals surface area contributed by atoms with Gasteiger partial charge in [0.15, 0.2) is 5.78 Å². The van der Waals surface area contributed by atoms with Crippen LogP contribution in [0, 0.1) is 5.92 Å². The van der Waals surface area contributed by atoms with Crippen LogP contribution in [0.4, 0.5) is 0 Å². The van der Waals surface area contributed by atoms with E-state index in [1.807, 2.05) is 6.08 Å². The molecule has 1 aliphatic heterocycles. The number of ketones is 1. The number of amides is 1. The monoisotopic (exact) mass is 298 g/mol. The Hall–Kier alpha value is -2.43. The van der Waals surface area contributed by atoms with Gasteiger partial charge in [-0.1, -0.05) is 18.2 Å². The molecule has 5 heteroatoms. The average Bonchev–Trinajstić information content (AvgIpc) is 2.53. The van der Waals surface area contributed by atoms with Gasteiger partial charge in [0.25, 0.3) is 0 Å². The highest BCUT2D eigenvalue weighted by Crippen LogP contribution is 2.27. The molecule has 0 spiro atoms. The smallest absolute Gasteiger partial charge is 0.236 e. The third-order valence-electron chi connectivity index (χ3n) is 4.05. The van der Waals surface area contributed by atoms with Gasteiger partial charge in [0.05, 0.1) is 6.04 Å². The van der Waals surface area contributed by atoms with E-state index in [-0.39, 0.29) is 30.0 Å². The highest BCUT2D eigenvalue weighted by atomic mass is 16.3. The van der Waals surface area contributed by atoms with Crippen LogP contribution in [0.15, 0.2) is 40.9 Å². The van der Waals surface area contributed by atoms with Crippen LogP contribution in [0.5, 0.6) is 5.75 Å². The van der Waals surface area contributed by atoms with Crippen molar-refractivity contribution in [3.8, 4) is 5.75 Å². The summed E-state index contributed by atoms with van der Waals surface area (Å²) >= 11 is 0. The minimum Gasteiger partial charge on any atom is -0.508 e. The number of nitrogens with one attached hydrogen (secondary N) is 1. The minimum atomic E-state index is -0.835. The maximum atomic E-state index is 12.4.